The number of hydrogen-bond donors (Lipinski definition) is 2. The first kappa shape index (κ1) is 89.7. The van der Waals surface area contributed by atoms with Crippen LogP contribution in [-0.4, -0.2) is 52.3 Å². The molecular formula is C100H136N6O9. The maximum absolute atomic E-state index is 13.0. The number of nitrogens with zero attached hydrogens (tertiary/aromatic N) is 4. The van der Waals surface area contributed by atoms with Crippen LogP contribution in [0.5, 0.6) is 28.7 Å². The van der Waals surface area contributed by atoms with Crippen molar-refractivity contribution in [2.75, 3.05) is 30.5 Å². The highest BCUT2D eigenvalue weighted by molar-refractivity contribution is 6.02. The zero-order valence-electron chi connectivity index (χ0n) is 71.4. The van der Waals surface area contributed by atoms with Crippen LogP contribution in [0.2, 0.25) is 0 Å². The highest BCUT2D eigenvalue weighted by Crippen LogP contribution is 2.46. The fraction of sp³-hybridized carbons (Fsp3) is 0.520. The van der Waals surface area contributed by atoms with Crippen molar-refractivity contribution in [3.63, 3.8) is 0 Å². The van der Waals surface area contributed by atoms with Gasteiger partial charge in [0.25, 0.3) is 0 Å². The van der Waals surface area contributed by atoms with Gasteiger partial charge in [-0.3, -0.25) is 9.59 Å². The Labute approximate surface area is 688 Å². The van der Waals surface area contributed by atoms with Gasteiger partial charge in [0.2, 0.25) is 17.6 Å². The van der Waals surface area contributed by atoms with Gasteiger partial charge in [-0.1, -0.05) is 304 Å². The molecule has 0 fully saturated rings. The molecular weight excluding hydrogens is 1430 g/mol. The molecule has 2 aromatic heterocycles. The Balaban J connectivity index is 0.970. The fourth-order valence-corrected chi connectivity index (χ4v) is 15.2. The number of nitrogens with one attached hydrogen (secondary N) is 2. The largest absolute Gasteiger partial charge is 0.489 e. The summed E-state index contributed by atoms with van der Waals surface area (Å²) in [6.45, 7) is 21.5. The highest BCUT2D eigenvalue weighted by Gasteiger charge is 2.26. The summed E-state index contributed by atoms with van der Waals surface area (Å²) in [6, 6.07) is 42.3. The number of ether oxygens (including phenoxy) is 5. The molecule has 15 nitrogen and oxygen atoms in total. The van der Waals surface area contributed by atoms with Crippen LogP contribution in [0.25, 0.3) is 66.6 Å². The average molecular weight is 1570 g/mol. The summed E-state index contributed by atoms with van der Waals surface area (Å²) >= 11 is 0. The van der Waals surface area contributed by atoms with Crippen LogP contribution in [0, 0.1) is 11.8 Å². The van der Waals surface area contributed by atoms with Crippen molar-refractivity contribution in [3.05, 3.63) is 162 Å². The summed E-state index contributed by atoms with van der Waals surface area (Å²) in [5, 5.41) is 23.9. The van der Waals surface area contributed by atoms with Crippen LogP contribution < -0.4 is 34.3 Å². The molecule has 2 atom stereocenters. The Morgan fingerprint density at radius 1 is 0.348 bits per heavy atom. The number of allylic oxidation sites excluding steroid dienone is 4. The molecule has 2 N–H and O–H groups in total. The first-order chi connectivity index (χ1) is 56.3. The van der Waals surface area contributed by atoms with Crippen LogP contribution in [0.15, 0.2) is 160 Å². The lowest BCUT2D eigenvalue weighted by Crippen LogP contribution is -2.15. The molecule has 9 rings (SSSR count). The van der Waals surface area contributed by atoms with Gasteiger partial charge in [0.1, 0.15) is 46.8 Å². The third-order valence-corrected chi connectivity index (χ3v) is 22.0. The van der Waals surface area contributed by atoms with E-state index in [2.05, 4.69) is 160 Å². The van der Waals surface area contributed by atoms with Crippen molar-refractivity contribution in [3.8, 4) is 73.3 Å². The maximum atomic E-state index is 13.0. The number of unbranched alkanes of at least 4 members (excludes halogenated alkanes) is 27. The second-order valence-corrected chi connectivity index (χ2v) is 32.7. The third kappa shape index (κ3) is 30.7. The van der Waals surface area contributed by atoms with Gasteiger partial charge < -0.3 is 34.3 Å². The number of amides is 2. The normalized spacial score (nSPS) is 11.9. The van der Waals surface area contributed by atoms with Crippen LogP contribution in [0.1, 0.15) is 305 Å². The second-order valence-electron chi connectivity index (χ2n) is 32.7. The second kappa shape index (κ2) is 51.0. The predicted octanol–water partition coefficient (Wildman–Crippen LogP) is 28.9. The van der Waals surface area contributed by atoms with E-state index in [0.717, 1.165) is 131 Å². The van der Waals surface area contributed by atoms with Gasteiger partial charge in [-0.05, 0) is 182 Å². The Kier molecular flexibility index (Phi) is 39.7. The van der Waals surface area contributed by atoms with Gasteiger partial charge >= 0.3 is 0 Å². The summed E-state index contributed by atoms with van der Waals surface area (Å²) in [5.74, 6) is 3.89. The smallest absolute Gasteiger partial charge is 0.224 e. The first-order valence-corrected chi connectivity index (χ1v) is 44.4. The number of anilines is 2. The van der Waals surface area contributed by atoms with E-state index in [1.807, 2.05) is 72.8 Å². The molecule has 15 heteroatoms. The number of benzene rings is 7. The number of fused-ring (bicyclic) bond motifs is 2. The lowest BCUT2D eigenvalue weighted by Gasteiger charge is -2.23. The Morgan fingerprint density at radius 3 is 0.904 bits per heavy atom. The van der Waals surface area contributed by atoms with Gasteiger partial charge in [-0.15, -0.1) is 0 Å². The molecule has 0 saturated carbocycles. The topological polar surface area (TPSA) is 182 Å². The maximum Gasteiger partial charge on any atom is 0.224 e. The van der Waals surface area contributed by atoms with E-state index in [1.54, 1.807) is 0 Å². The van der Waals surface area contributed by atoms with Crippen molar-refractivity contribution < 1.29 is 42.5 Å². The van der Waals surface area contributed by atoms with Gasteiger partial charge in [0.15, 0.2) is 11.5 Å². The van der Waals surface area contributed by atoms with E-state index in [0.29, 0.717) is 83.5 Å². The van der Waals surface area contributed by atoms with Crippen molar-refractivity contribution in [1.82, 2.24) is 20.6 Å². The van der Waals surface area contributed by atoms with Crippen molar-refractivity contribution in [2.45, 2.75) is 307 Å². The molecule has 115 heavy (non-hydrogen) atoms. The molecule has 0 unspecified atom stereocenters. The predicted molar refractivity (Wildman–Crippen MR) is 475 cm³/mol. The molecule has 620 valence electrons. The molecule has 0 radical (unpaired) electrons. The van der Waals surface area contributed by atoms with Crippen molar-refractivity contribution in [2.24, 2.45) is 11.8 Å². The number of carbonyl (C=O) groups is 2. The standard InChI is InChI=1S/C100H136N6O9/c1-10-13-16-19-22-25-28-31-34-37-66-109-98-82(72-112-86-58-50-80(51-59-86)90-64-62-88(94-96(90)105-114-103-94)78-46-54-84(55-47-78)101-92(107)69-76(8)44-40-42-74(4)5)71-83(99(110-67-38-35-32-29-26-23-20-17-14-11-2)100(98)111-68-39-36-33-30-27-24-21-18-15-12-3)73-113-87-60-52-81(53-61-87)91-65-63-89(95-97(91)106-115-104-95)79-48-56-85(57-49-79)102-93(108)70-77(9)45-41-43-75(6)7/h42-43,46-65,71,76-77H,10-41,44-45,66-70,72-73H2,1-9H3,(H,101,107)(H,102,108)/t76-,77-/m1/s1. The summed E-state index contributed by atoms with van der Waals surface area (Å²) in [4.78, 5) is 26.1. The number of aromatic nitrogens is 4. The highest BCUT2D eigenvalue weighted by atomic mass is 16.6. The summed E-state index contributed by atoms with van der Waals surface area (Å²) in [6.07, 6.45) is 46.0. The molecule has 0 saturated heterocycles. The molecule has 0 aliphatic heterocycles. The lowest BCUT2D eigenvalue weighted by atomic mass is 9.97. The van der Waals surface area contributed by atoms with E-state index in [4.69, 9.17) is 32.9 Å². The Bertz CT molecular complexity index is 4080. The van der Waals surface area contributed by atoms with Gasteiger partial charge in [-0.2, -0.15) is 0 Å². The SMILES string of the molecule is CCCCCCCCCCCCOc1c(COc2ccc(-c3ccc(-c4ccc(NC(=O)C[C@H](C)CCC=C(C)C)cc4)c4nonc34)cc2)cc(COc2ccc(-c3ccc(-c4ccc(NC(=O)C[C@H](C)CCC=C(C)C)cc4)c4nonc34)cc2)c(OCCCCCCCCCCCC)c1OCCCCCCCCCCCC. The van der Waals surface area contributed by atoms with E-state index >= 15 is 0 Å². The molecule has 2 amide bonds. The number of carbonyl (C=O) groups excluding carboxylic acids is 2. The van der Waals surface area contributed by atoms with Crippen molar-refractivity contribution >= 4 is 45.3 Å². The molecule has 9 aromatic rings. The zero-order valence-corrected chi connectivity index (χ0v) is 71.4. The monoisotopic (exact) mass is 1570 g/mol. The van der Waals surface area contributed by atoms with Crippen LogP contribution in [0.4, 0.5) is 11.4 Å². The van der Waals surface area contributed by atoms with Gasteiger partial charge in [-0.25, -0.2) is 9.26 Å². The summed E-state index contributed by atoms with van der Waals surface area (Å²) in [5.41, 5.74) is 15.6. The van der Waals surface area contributed by atoms with E-state index in [9.17, 15) is 9.59 Å². The minimum atomic E-state index is 0.0122. The quantitative estimate of drug-likeness (QED) is 0.0272. The van der Waals surface area contributed by atoms with Crippen LogP contribution in [0.3, 0.4) is 0 Å². The molecule has 2 heterocycles. The molecule has 0 bridgehead atoms. The fourth-order valence-electron chi connectivity index (χ4n) is 15.2. The van der Waals surface area contributed by atoms with Crippen LogP contribution >= 0.6 is 0 Å². The van der Waals surface area contributed by atoms with Gasteiger partial charge in [0.05, 0.1) is 19.8 Å². The Morgan fingerprint density at radius 2 is 0.617 bits per heavy atom. The number of hydrogen-bond acceptors (Lipinski definition) is 13. The van der Waals surface area contributed by atoms with E-state index < -0.39 is 0 Å². The number of rotatable bonds is 58. The zero-order chi connectivity index (χ0) is 81.0. The van der Waals surface area contributed by atoms with Gasteiger partial charge in [0, 0.05) is 57.6 Å². The minimum Gasteiger partial charge on any atom is -0.489 e. The third-order valence-electron chi connectivity index (χ3n) is 22.0. The lowest BCUT2D eigenvalue weighted by molar-refractivity contribution is -0.117. The molecule has 0 spiro atoms. The Hall–Kier alpha value is -9.24. The molecule has 0 aliphatic carbocycles. The van der Waals surface area contributed by atoms with Crippen LogP contribution in [-0.2, 0) is 22.8 Å². The van der Waals surface area contributed by atoms with Crippen molar-refractivity contribution in [1.29, 1.82) is 0 Å². The molecule has 7 aromatic carbocycles. The van der Waals surface area contributed by atoms with E-state index in [1.165, 1.54) is 165 Å². The summed E-state index contributed by atoms with van der Waals surface area (Å²) < 4.78 is 46.0. The summed E-state index contributed by atoms with van der Waals surface area (Å²) in [7, 11) is 0. The minimum absolute atomic E-state index is 0.0122. The average Bonchev–Trinajstić information content (AvgIpc) is 1.74. The molecule has 0 aliphatic rings. The van der Waals surface area contributed by atoms with E-state index in [-0.39, 0.29) is 36.9 Å². The first-order valence-electron chi connectivity index (χ1n) is 44.4.